The van der Waals surface area contributed by atoms with Gasteiger partial charge in [-0.2, -0.15) is 0 Å². The maximum Gasteiger partial charge on any atom is 0.170 e. The topological polar surface area (TPSA) is 29.4 Å². The molecule has 0 N–H and O–H groups in total. The van der Waals surface area contributed by atoms with Crippen LogP contribution in [0.15, 0.2) is 47.5 Å². The molecule has 0 fully saturated rings. The summed E-state index contributed by atoms with van der Waals surface area (Å²) in [5.74, 6) is 0.104. The standard InChI is InChI=1S/C17H10ClNO/c18-14-9-15-17(16(20)5-6-19-15)13-8-11-4-2-1-3-10(11)7-12(13)14/h1-4,6-9H,5H2. The number of benzene rings is 3. The Morgan fingerprint density at radius 2 is 1.70 bits per heavy atom. The number of carbonyl (C=O) groups excluding carboxylic acids is 1. The van der Waals surface area contributed by atoms with Crippen molar-refractivity contribution in [2.45, 2.75) is 6.42 Å². The van der Waals surface area contributed by atoms with E-state index >= 15 is 0 Å². The lowest BCUT2D eigenvalue weighted by atomic mass is 9.94. The molecule has 0 aliphatic carbocycles. The van der Waals surface area contributed by atoms with Crippen LogP contribution in [-0.4, -0.2) is 12.0 Å². The molecule has 3 aromatic carbocycles. The van der Waals surface area contributed by atoms with Gasteiger partial charge in [-0.1, -0.05) is 35.9 Å². The van der Waals surface area contributed by atoms with Crippen LogP contribution < -0.4 is 0 Å². The second-order valence-electron chi connectivity index (χ2n) is 4.94. The smallest absolute Gasteiger partial charge is 0.170 e. The van der Waals surface area contributed by atoms with Gasteiger partial charge in [0.15, 0.2) is 5.78 Å². The van der Waals surface area contributed by atoms with E-state index in [0.717, 1.165) is 21.5 Å². The van der Waals surface area contributed by atoms with Gasteiger partial charge < -0.3 is 0 Å². The van der Waals surface area contributed by atoms with Gasteiger partial charge in [0.1, 0.15) is 0 Å². The molecular formula is C17H10ClNO. The maximum atomic E-state index is 12.2. The quantitative estimate of drug-likeness (QED) is 0.536. The molecular weight excluding hydrogens is 270 g/mol. The monoisotopic (exact) mass is 279 g/mol. The van der Waals surface area contributed by atoms with E-state index in [1.807, 2.05) is 36.4 Å². The molecule has 0 amide bonds. The number of ketones is 1. The molecule has 0 aromatic heterocycles. The van der Waals surface area contributed by atoms with E-state index in [9.17, 15) is 4.79 Å². The van der Waals surface area contributed by atoms with Gasteiger partial charge in [0, 0.05) is 18.0 Å². The summed E-state index contributed by atoms with van der Waals surface area (Å²) < 4.78 is 0. The van der Waals surface area contributed by atoms with E-state index in [2.05, 4.69) is 4.99 Å². The number of halogens is 1. The third-order valence-corrected chi connectivity index (χ3v) is 4.03. The summed E-state index contributed by atoms with van der Waals surface area (Å²) in [5.41, 5.74) is 1.37. The van der Waals surface area contributed by atoms with Crippen LogP contribution in [-0.2, 0) is 0 Å². The van der Waals surface area contributed by atoms with Crippen molar-refractivity contribution < 1.29 is 4.79 Å². The largest absolute Gasteiger partial charge is 0.294 e. The Labute approximate surface area is 120 Å². The van der Waals surface area contributed by atoms with Crippen LogP contribution in [0.4, 0.5) is 5.69 Å². The third-order valence-electron chi connectivity index (χ3n) is 3.72. The molecule has 0 unspecified atom stereocenters. The SMILES string of the molecule is O=C1CC=Nc2cc(Cl)c3cc4ccccc4cc3c21. The van der Waals surface area contributed by atoms with Crippen molar-refractivity contribution in [3.63, 3.8) is 0 Å². The minimum atomic E-state index is 0.104. The summed E-state index contributed by atoms with van der Waals surface area (Å²) in [6, 6.07) is 13.9. The molecule has 0 bridgehead atoms. The summed E-state index contributed by atoms with van der Waals surface area (Å²) in [4.78, 5) is 16.5. The van der Waals surface area contributed by atoms with Crippen LogP contribution in [0, 0.1) is 0 Å². The molecule has 4 rings (SSSR count). The number of rotatable bonds is 0. The molecule has 1 aliphatic rings. The highest BCUT2D eigenvalue weighted by molar-refractivity contribution is 6.37. The van der Waals surface area contributed by atoms with Crippen LogP contribution >= 0.6 is 11.6 Å². The predicted molar refractivity (Wildman–Crippen MR) is 83.6 cm³/mol. The Morgan fingerprint density at radius 3 is 2.45 bits per heavy atom. The van der Waals surface area contributed by atoms with E-state index in [-0.39, 0.29) is 5.78 Å². The highest BCUT2D eigenvalue weighted by Gasteiger charge is 2.19. The first-order chi connectivity index (χ1) is 9.74. The molecule has 0 saturated heterocycles. The Hall–Kier alpha value is -2.19. The van der Waals surface area contributed by atoms with E-state index in [0.29, 0.717) is 22.7 Å². The van der Waals surface area contributed by atoms with Crippen molar-refractivity contribution in [3.8, 4) is 0 Å². The lowest BCUT2D eigenvalue weighted by molar-refractivity contribution is 0.100. The van der Waals surface area contributed by atoms with Crippen LogP contribution in [0.3, 0.4) is 0 Å². The molecule has 96 valence electrons. The first-order valence-corrected chi connectivity index (χ1v) is 6.82. The maximum absolute atomic E-state index is 12.2. The summed E-state index contributed by atoms with van der Waals surface area (Å²) >= 11 is 6.36. The summed E-state index contributed by atoms with van der Waals surface area (Å²) in [6.07, 6.45) is 2.00. The fourth-order valence-electron chi connectivity index (χ4n) is 2.78. The van der Waals surface area contributed by atoms with Crippen molar-refractivity contribution in [1.82, 2.24) is 0 Å². The Balaban J connectivity index is 2.23. The Bertz CT molecular complexity index is 912. The number of Topliss-reactive ketones (excluding diaryl/α,β-unsaturated/α-hetero) is 1. The van der Waals surface area contributed by atoms with E-state index in [1.165, 1.54) is 0 Å². The lowest BCUT2D eigenvalue weighted by Gasteiger charge is -2.14. The summed E-state index contributed by atoms with van der Waals surface area (Å²) in [7, 11) is 0. The lowest BCUT2D eigenvalue weighted by Crippen LogP contribution is -2.05. The van der Waals surface area contributed by atoms with E-state index in [1.54, 1.807) is 12.3 Å². The zero-order valence-corrected chi connectivity index (χ0v) is 11.3. The minimum absolute atomic E-state index is 0.104. The average molecular weight is 280 g/mol. The van der Waals surface area contributed by atoms with Crippen molar-refractivity contribution in [3.05, 3.63) is 53.1 Å². The minimum Gasteiger partial charge on any atom is -0.294 e. The number of carbonyl (C=O) groups is 1. The second kappa shape index (κ2) is 4.15. The van der Waals surface area contributed by atoms with Gasteiger partial charge >= 0.3 is 0 Å². The molecule has 0 atom stereocenters. The number of nitrogens with zero attached hydrogens (tertiary/aromatic N) is 1. The van der Waals surface area contributed by atoms with Crippen LogP contribution in [0.25, 0.3) is 21.5 Å². The number of hydrogen-bond donors (Lipinski definition) is 0. The average Bonchev–Trinajstić information content (AvgIpc) is 2.46. The van der Waals surface area contributed by atoms with E-state index in [4.69, 9.17) is 11.6 Å². The predicted octanol–water partition coefficient (Wildman–Crippen LogP) is 4.94. The highest BCUT2D eigenvalue weighted by atomic mass is 35.5. The first kappa shape index (κ1) is 11.6. The Kier molecular flexibility index (Phi) is 2.41. The van der Waals surface area contributed by atoms with E-state index < -0.39 is 0 Å². The van der Waals surface area contributed by atoms with Gasteiger partial charge in [-0.05, 0) is 34.4 Å². The van der Waals surface area contributed by atoms with Crippen molar-refractivity contribution >= 4 is 50.8 Å². The molecule has 2 nitrogen and oxygen atoms in total. The molecule has 1 aliphatic heterocycles. The fraction of sp³-hybridized carbons (Fsp3) is 0.0588. The molecule has 3 heteroatoms. The third kappa shape index (κ3) is 1.58. The molecule has 3 aromatic rings. The fourth-order valence-corrected chi connectivity index (χ4v) is 3.04. The zero-order valence-electron chi connectivity index (χ0n) is 10.6. The normalized spacial score (nSPS) is 13.9. The van der Waals surface area contributed by atoms with Gasteiger partial charge in [-0.15, -0.1) is 0 Å². The number of aliphatic imine (C=N–C) groups is 1. The Morgan fingerprint density at radius 1 is 1.00 bits per heavy atom. The number of hydrogen-bond acceptors (Lipinski definition) is 2. The second-order valence-corrected chi connectivity index (χ2v) is 5.34. The number of fused-ring (bicyclic) bond motifs is 4. The van der Waals surface area contributed by atoms with Gasteiger partial charge in [-0.25, -0.2) is 0 Å². The summed E-state index contributed by atoms with van der Waals surface area (Å²) in [5, 5.41) is 4.67. The van der Waals surface area contributed by atoms with Crippen LogP contribution in [0.2, 0.25) is 5.02 Å². The van der Waals surface area contributed by atoms with Crippen molar-refractivity contribution in [1.29, 1.82) is 0 Å². The molecule has 1 heterocycles. The van der Waals surface area contributed by atoms with Gasteiger partial charge in [0.25, 0.3) is 0 Å². The van der Waals surface area contributed by atoms with Gasteiger partial charge in [-0.3, -0.25) is 9.79 Å². The van der Waals surface area contributed by atoms with Gasteiger partial charge in [0.2, 0.25) is 0 Å². The van der Waals surface area contributed by atoms with Gasteiger partial charge in [0.05, 0.1) is 16.3 Å². The van der Waals surface area contributed by atoms with Crippen LogP contribution in [0.1, 0.15) is 16.8 Å². The van der Waals surface area contributed by atoms with Crippen LogP contribution in [0.5, 0.6) is 0 Å². The summed E-state index contributed by atoms with van der Waals surface area (Å²) in [6.45, 7) is 0. The molecule has 0 saturated carbocycles. The molecule has 0 radical (unpaired) electrons. The zero-order chi connectivity index (χ0) is 13.7. The first-order valence-electron chi connectivity index (χ1n) is 6.45. The molecule has 0 spiro atoms. The highest BCUT2D eigenvalue weighted by Crippen LogP contribution is 2.38. The van der Waals surface area contributed by atoms with Crippen molar-refractivity contribution in [2.75, 3.05) is 0 Å². The molecule has 20 heavy (non-hydrogen) atoms. The van der Waals surface area contributed by atoms with Crippen molar-refractivity contribution in [2.24, 2.45) is 4.99 Å².